The molecule has 0 fully saturated rings. The zero-order valence-electron chi connectivity index (χ0n) is 12.9. The number of methoxy groups -OCH3 is 1. The Morgan fingerprint density at radius 2 is 2.18 bits per heavy atom. The molecule has 118 valence electrons. The molecule has 2 rings (SSSR count). The Labute approximate surface area is 129 Å². The first kappa shape index (κ1) is 16.4. The van der Waals surface area contributed by atoms with Crippen LogP contribution < -0.4 is 9.39 Å². The van der Waals surface area contributed by atoms with Gasteiger partial charge in [-0.3, -0.25) is 0 Å². The van der Waals surface area contributed by atoms with Crippen molar-refractivity contribution in [2.24, 2.45) is 0 Å². The number of fused-ring (bicyclic) bond motifs is 1. The Hall–Kier alpha value is -2.02. The average Bonchev–Trinajstić information content (AvgIpc) is 2.46. The number of carbonyl (C=O) groups is 2. The molecular formula is C15H19BO6. The molecule has 0 spiro atoms. The maximum absolute atomic E-state index is 12.1. The van der Waals surface area contributed by atoms with Crippen LogP contribution in [0.15, 0.2) is 12.1 Å². The van der Waals surface area contributed by atoms with Gasteiger partial charge in [0.15, 0.2) is 0 Å². The summed E-state index contributed by atoms with van der Waals surface area (Å²) in [4.78, 5) is 23.3. The lowest BCUT2D eigenvalue weighted by Crippen LogP contribution is -2.35. The molecule has 0 aromatic heterocycles. The molecule has 1 N–H and O–H groups in total. The first-order valence-corrected chi connectivity index (χ1v) is 7.18. The number of esters is 1. The van der Waals surface area contributed by atoms with Crippen molar-refractivity contribution >= 4 is 18.9 Å². The molecule has 1 atom stereocenters. The predicted octanol–water partition coefficient (Wildman–Crippen LogP) is 1.64. The number of carbonyl (C=O) groups excluding carboxylic acids is 2. The van der Waals surface area contributed by atoms with Crippen LogP contribution in [0.1, 0.15) is 36.2 Å². The lowest BCUT2D eigenvalue weighted by molar-refractivity contribution is -0.117. The van der Waals surface area contributed by atoms with Crippen molar-refractivity contribution in [1.82, 2.24) is 0 Å². The molecule has 0 aliphatic carbocycles. The summed E-state index contributed by atoms with van der Waals surface area (Å²) in [7, 11) is 0.375. The van der Waals surface area contributed by atoms with Crippen molar-refractivity contribution < 1.29 is 28.7 Å². The minimum Gasteiger partial charge on any atom is -0.535 e. The van der Waals surface area contributed by atoms with E-state index in [1.807, 2.05) is 0 Å². The topological polar surface area (TPSA) is 82.1 Å². The van der Waals surface area contributed by atoms with Gasteiger partial charge < -0.3 is 23.9 Å². The Kier molecular flexibility index (Phi) is 5.08. The molecule has 0 bridgehead atoms. The molecule has 7 heteroatoms. The molecule has 22 heavy (non-hydrogen) atoms. The second-order valence-electron chi connectivity index (χ2n) is 5.26. The number of hydrogen-bond donors (Lipinski definition) is 1. The lowest BCUT2D eigenvalue weighted by atomic mass is 9.64. The smallest absolute Gasteiger partial charge is 0.526 e. The Balaban J connectivity index is 2.40. The van der Waals surface area contributed by atoms with E-state index in [1.165, 1.54) is 20.1 Å². The molecule has 1 aromatic carbocycles. The van der Waals surface area contributed by atoms with Gasteiger partial charge in [0.2, 0.25) is 0 Å². The number of ketones is 1. The molecular weight excluding hydrogens is 287 g/mol. The Morgan fingerprint density at radius 1 is 1.45 bits per heavy atom. The van der Waals surface area contributed by atoms with Crippen LogP contribution in [0, 0.1) is 0 Å². The quantitative estimate of drug-likeness (QED) is 0.658. The van der Waals surface area contributed by atoms with E-state index in [9.17, 15) is 14.6 Å². The van der Waals surface area contributed by atoms with Gasteiger partial charge in [-0.15, -0.1) is 0 Å². The van der Waals surface area contributed by atoms with Gasteiger partial charge in [-0.05, 0) is 38.0 Å². The van der Waals surface area contributed by atoms with Gasteiger partial charge in [-0.25, -0.2) is 4.79 Å². The summed E-state index contributed by atoms with van der Waals surface area (Å²) in [6, 6.07) is 3.27. The van der Waals surface area contributed by atoms with E-state index in [4.69, 9.17) is 14.1 Å². The van der Waals surface area contributed by atoms with E-state index in [0.29, 0.717) is 17.9 Å². The summed E-state index contributed by atoms with van der Waals surface area (Å²) in [6.45, 7) is 3.42. The van der Waals surface area contributed by atoms with Crippen molar-refractivity contribution in [2.75, 3.05) is 13.7 Å². The number of ether oxygens (including phenoxy) is 2. The van der Waals surface area contributed by atoms with E-state index in [1.54, 1.807) is 13.0 Å². The number of hydrogen-bond acceptors (Lipinski definition) is 6. The highest BCUT2D eigenvalue weighted by atomic mass is 16.5. The van der Waals surface area contributed by atoms with Gasteiger partial charge in [0.1, 0.15) is 22.8 Å². The predicted molar refractivity (Wildman–Crippen MR) is 80.3 cm³/mol. The third-order valence-corrected chi connectivity index (χ3v) is 3.54. The fourth-order valence-corrected chi connectivity index (χ4v) is 2.57. The molecule has 1 aromatic rings. The number of rotatable bonds is 5. The Bertz CT molecular complexity index is 586. The van der Waals surface area contributed by atoms with Crippen molar-refractivity contribution in [2.45, 2.75) is 32.5 Å². The molecule has 0 saturated carbocycles. The van der Waals surface area contributed by atoms with E-state index in [2.05, 4.69) is 0 Å². The van der Waals surface area contributed by atoms with Crippen LogP contribution in [0.25, 0.3) is 0 Å². The lowest BCUT2D eigenvalue weighted by Gasteiger charge is -2.28. The van der Waals surface area contributed by atoms with E-state index in [-0.39, 0.29) is 30.2 Å². The third kappa shape index (κ3) is 3.41. The summed E-state index contributed by atoms with van der Waals surface area (Å²) in [5.41, 5.74) is 0.940. The van der Waals surface area contributed by atoms with Crippen LogP contribution in [0.3, 0.4) is 0 Å². The first-order chi connectivity index (χ1) is 10.5. The SMILES string of the molecule is CCOC(=O)c1cc(OC)cc2c1OB(O)[C@@H](CC(C)=O)C2. The second-order valence-corrected chi connectivity index (χ2v) is 5.26. The van der Waals surface area contributed by atoms with E-state index in [0.717, 1.165) is 5.56 Å². The van der Waals surface area contributed by atoms with Gasteiger partial charge in [-0.2, -0.15) is 0 Å². The van der Waals surface area contributed by atoms with Gasteiger partial charge in [-0.1, -0.05) is 0 Å². The molecule has 1 aliphatic heterocycles. The fraction of sp³-hybridized carbons (Fsp3) is 0.467. The largest absolute Gasteiger partial charge is 0.535 e. The van der Waals surface area contributed by atoms with Crippen molar-refractivity contribution in [3.63, 3.8) is 0 Å². The van der Waals surface area contributed by atoms with Crippen LogP contribution in [0.5, 0.6) is 11.5 Å². The standard InChI is InChI=1S/C15H19BO6/c1-4-21-15(18)13-8-12(20-3)7-10-6-11(5-9(2)17)16(19)22-14(10)13/h7-8,11,19H,4-6H2,1-3H3/t11-/m0/s1. The zero-order chi connectivity index (χ0) is 16.3. The summed E-state index contributed by atoms with van der Waals surface area (Å²) in [6.07, 6.45) is 0.645. The van der Waals surface area contributed by atoms with Crippen LogP contribution in [0.4, 0.5) is 0 Å². The molecule has 0 amide bonds. The maximum Gasteiger partial charge on any atom is 0.526 e. The van der Waals surface area contributed by atoms with Crippen LogP contribution >= 0.6 is 0 Å². The molecule has 0 unspecified atom stereocenters. The highest BCUT2D eigenvalue weighted by Crippen LogP contribution is 2.39. The van der Waals surface area contributed by atoms with Crippen LogP contribution in [-0.2, 0) is 16.0 Å². The minimum absolute atomic E-state index is 0.0235. The molecule has 0 radical (unpaired) electrons. The van der Waals surface area contributed by atoms with Crippen molar-refractivity contribution in [3.8, 4) is 11.5 Å². The normalized spacial score (nSPS) is 16.5. The zero-order valence-corrected chi connectivity index (χ0v) is 12.9. The summed E-state index contributed by atoms with van der Waals surface area (Å²) >= 11 is 0. The van der Waals surface area contributed by atoms with Crippen molar-refractivity contribution in [1.29, 1.82) is 0 Å². The summed E-state index contributed by atoms with van der Waals surface area (Å²) in [5.74, 6) is -0.0958. The van der Waals surface area contributed by atoms with Gasteiger partial charge in [0, 0.05) is 12.2 Å². The first-order valence-electron chi connectivity index (χ1n) is 7.18. The Morgan fingerprint density at radius 3 is 2.77 bits per heavy atom. The maximum atomic E-state index is 12.1. The monoisotopic (exact) mass is 306 g/mol. The van der Waals surface area contributed by atoms with Crippen LogP contribution in [-0.4, -0.2) is 37.6 Å². The molecule has 1 aliphatic rings. The second kappa shape index (κ2) is 6.83. The summed E-state index contributed by atoms with van der Waals surface area (Å²) < 4.78 is 15.7. The number of Topliss-reactive ketones (excluding diaryl/α,β-unsaturated/α-hetero) is 1. The average molecular weight is 306 g/mol. The van der Waals surface area contributed by atoms with Gasteiger partial charge in [0.05, 0.1) is 13.7 Å². The minimum atomic E-state index is -1.13. The molecule has 0 saturated heterocycles. The van der Waals surface area contributed by atoms with E-state index < -0.39 is 13.1 Å². The van der Waals surface area contributed by atoms with Crippen LogP contribution in [0.2, 0.25) is 5.82 Å². The molecule has 1 heterocycles. The number of benzene rings is 1. The third-order valence-electron chi connectivity index (χ3n) is 3.54. The van der Waals surface area contributed by atoms with Gasteiger partial charge in [0.25, 0.3) is 0 Å². The fourth-order valence-electron chi connectivity index (χ4n) is 2.57. The molecule has 6 nitrogen and oxygen atoms in total. The highest BCUT2D eigenvalue weighted by Gasteiger charge is 2.37. The highest BCUT2D eigenvalue weighted by molar-refractivity contribution is 6.47. The van der Waals surface area contributed by atoms with E-state index >= 15 is 0 Å². The van der Waals surface area contributed by atoms with Crippen molar-refractivity contribution in [3.05, 3.63) is 23.3 Å². The summed E-state index contributed by atoms with van der Waals surface area (Å²) in [5, 5.41) is 10.1. The van der Waals surface area contributed by atoms with Gasteiger partial charge >= 0.3 is 13.1 Å².